The lowest BCUT2D eigenvalue weighted by molar-refractivity contribution is 0.412. The van der Waals surface area contributed by atoms with E-state index in [1.54, 1.807) is 7.05 Å². The van der Waals surface area contributed by atoms with Crippen molar-refractivity contribution < 1.29 is 8.42 Å². The highest BCUT2D eigenvalue weighted by atomic mass is 32.2. The third kappa shape index (κ3) is 2.91. The molecular weight excluding hydrogens is 330 g/mol. The molecule has 1 N–H and O–H groups in total. The van der Waals surface area contributed by atoms with Gasteiger partial charge in [-0.25, -0.2) is 17.9 Å². The first-order chi connectivity index (χ1) is 11.3. The average Bonchev–Trinajstić information content (AvgIpc) is 2.58. The van der Waals surface area contributed by atoms with Gasteiger partial charge in [-0.2, -0.15) is 0 Å². The van der Waals surface area contributed by atoms with Crippen molar-refractivity contribution in [1.82, 2.24) is 13.9 Å². The van der Waals surface area contributed by atoms with Crippen LogP contribution in [0.5, 0.6) is 0 Å². The number of fused-ring (bicyclic) bond motifs is 1. The number of aryl methyl sites for hydroxylation is 1. The van der Waals surface area contributed by atoms with Crippen LogP contribution in [-0.2, 0) is 24.1 Å². The molecule has 0 unspecified atom stereocenters. The fourth-order valence-corrected chi connectivity index (χ4v) is 4.58. The van der Waals surface area contributed by atoms with Crippen LogP contribution in [0.25, 0.3) is 10.9 Å². The van der Waals surface area contributed by atoms with E-state index in [0.29, 0.717) is 5.52 Å². The van der Waals surface area contributed by atoms with E-state index < -0.39 is 21.3 Å². The van der Waals surface area contributed by atoms with Crippen LogP contribution in [0.2, 0.25) is 0 Å². The summed E-state index contributed by atoms with van der Waals surface area (Å²) < 4.78 is 30.3. The van der Waals surface area contributed by atoms with Gasteiger partial charge >= 0.3 is 5.69 Å². The molecule has 0 amide bonds. The molecule has 0 saturated heterocycles. The second kappa shape index (κ2) is 6.18. The van der Waals surface area contributed by atoms with Crippen molar-refractivity contribution >= 4 is 20.9 Å². The molecule has 0 radical (unpaired) electrons. The molecule has 2 aromatic rings. The van der Waals surface area contributed by atoms with Gasteiger partial charge in [0.15, 0.2) is 0 Å². The Bertz CT molecular complexity index is 998. The maximum Gasteiger partial charge on any atom is 0.330 e. The number of nitrogens with one attached hydrogen (secondary N) is 1. The largest absolute Gasteiger partial charge is 0.330 e. The van der Waals surface area contributed by atoms with Crippen molar-refractivity contribution in [2.45, 2.75) is 43.0 Å². The molecule has 1 aliphatic carbocycles. The quantitative estimate of drug-likeness (QED) is 0.888. The van der Waals surface area contributed by atoms with Gasteiger partial charge < -0.3 is 0 Å². The van der Waals surface area contributed by atoms with Crippen LogP contribution in [-0.4, -0.2) is 23.6 Å². The van der Waals surface area contributed by atoms with E-state index in [9.17, 15) is 18.0 Å². The molecule has 1 aromatic heterocycles. The first kappa shape index (κ1) is 16.9. The normalized spacial score (nSPS) is 16.6. The van der Waals surface area contributed by atoms with E-state index in [-0.39, 0.29) is 16.3 Å². The topological polar surface area (TPSA) is 90.2 Å². The van der Waals surface area contributed by atoms with Gasteiger partial charge in [0.1, 0.15) is 0 Å². The minimum absolute atomic E-state index is 0.0522. The van der Waals surface area contributed by atoms with Crippen molar-refractivity contribution in [3.8, 4) is 0 Å². The zero-order chi connectivity index (χ0) is 17.5. The van der Waals surface area contributed by atoms with Crippen LogP contribution in [0.3, 0.4) is 0 Å². The molecule has 0 spiro atoms. The van der Waals surface area contributed by atoms with Crippen LogP contribution in [0.4, 0.5) is 0 Å². The van der Waals surface area contributed by atoms with Gasteiger partial charge in [0.2, 0.25) is 10.0 Å². The number of nitrogens with zero attached hydrogens (tertiary/aromatic N) is 2. The molecule has 0 atom stereocenters. The Labute approximate surface area is 140 Å². The summed E-state index contributed by atoms with van der Waals surface area (Å²) in [6, 6.07) is 4.24. The van der Waals surface area contributed by atoms with Crippen LogP contribution in [0, 0.1) is 0 Å². The zero-order valence-corrected chi connectivity index (χ0v) is 14.6. The van der Waals surface area contributed by atoms with Gasteiger partial charge in [-0.3, -0.25) is 13.9 Å². The van der Waals surface area contributed by atoms with E-state index in [1.807, 2.05) is 0 Å². The van der Waals surface area contributed by atoms with Gasteiger partial charge in [-0.05, 0) is 31.0 Å². The second-order valence-electron chi connectivity index (χ2n) is 6.34. The van der Waals surface area contributed by atoms with Crippen LogP contribution in [0.1, 0.15) is 32.1 Å². The second-order valence-corrected chi connectivity index (χ2v) is 8.05. The third-order valence-electron chi connectivity index (χ3n) is 4.68. The van der Waals surface area contributed by atoms with Gasteiger partial charge in [0.05, 0.1) is 15.8 Å². The molecule has 0 bridgehead atoms. The van der Waals surface area contributed by atoms with Crippen LogP contribution in [0.15, 0.2) is 32.7 Å². The van der Waals surface area contributed by atoms with Gasteiger partial charge in [-0.1, -0.05) is 19.3 Å². The van der Waals surface area contributed by atoms with E-state index in [0.717, 1.165) is 36.7 Å². The standard InChI is InChI=1S/C16H21N3O4S/c1-18-14-9-8-12(10-13(14)15(20)19(2)16(18)21)24(22,23)17-11-6-4-3-5-7-11/h8-11,17H,3-7H2,1-2H3. The Balaban J connectivity index is 2.07. The number of hydrogen-bond donors (Lipinski definition) is 1. The van der Waals surface area contributed by atoms with Gasteiger partial charge in [-0.15, -0.1) is 0 Å². The Morgan fingerprint density at radius 1 is 1.04 bits per heavy atom. The Morgan fingerprint density at radius 3 is 2.38 bits per heavy atom. The lowest BCUT2D eigenvalue weighted by Gasteiger charge is -2.22. The summed E-state index contributed by atoms with van der Waals surface area (Å²) in [6.45, 7) is 0. The predicted molar refractivity (Wildman–Crippen MR) is 91.6 cm³/mol. The first-order valence-electron chi connectivity index (χ1n) is 8.03. The van der Waals surface area contributed by atoms with Crippen molar-refractivity contribution in [3.05, 3.63) is 39.0 Å². The fraction of sp³-hybridized carbons (Fsp3) is 0.500. The smallest absolute Gasteiger partial charge is 0.296 e. The van der Waals surface area contributed by atoms with Crippen molar-refractivity contribution in [2.24, 2.45) is 14.1 Å². The molecule has 3 rings (SSSR count). The molecular formula is C16H21N3O4S. The lowest BCUT2D eigenvalue weighted by atomic mass is 9.96. The minimum atomic E-state index is -3.69. The maximum atomic E-state index is 12.6. The highest BCUT2D eigenvalue weighted by molar-refractivity contribution is 7.89. The van der Waals surface area contributed by atoms with Crippen LogP contribution < -0.4 is 16.0 Å². The van der Waals surface area contributed by atoms with Crippen molar-refractivity contribution in [1.29, 1.82) is 0 Å². The molecule has 130 valence electrons. The molecule has 24 heavy (non-hydrogen) atoms. The summed E-state index contributed by atoms with van der Waals surface area (Å²) in [5.74, 6) is 0. The summed E-state index contributed by atoms with van der Waals surface area (Å²) >= 11 is 0. The van der Waals surface area contributed by atoms with E-state index in [4.69, 9.17) is 0 Å². The molecule has 8 heteroatoms. The summed E-state index contributed by atoms with van der Waals surface area (Å²) in [4.78, 5) is 24.3. The number of benzene rings is 1. The van der Waals surface area contributed by atoms with E-state index >= 15 is 0 Å². The predicted octanol–water partition coefficient (Wildman–Crippen LogP) is 0.848. The van der Waals surface area contributed by atoms with Crippen LogP contribution >= 0.6 is 0 Å². The monoisotopic (exact) mass is 351 g/mol. The highest BCUT2D eigenvalue weighted by Crippen LogP contribution is 2.21. The number of aromatic nitrogens is 2. The van der Waals surface area contributed by atoms with Crippen molar-refractivity contribution in [2.75, 3.05) is 0 Å². The zero-order valence-electron chi connectivity index (χ0n) is 13.8. The Kier molecular flexibility index (Phi) is 4.35. The Morgan fingerprint density at radius 2 is 1.71 bits per heavy atom. The average molecular weight is 351 g/mol. The third-order valence-corrected chi connectivity index (χ3v) is 6.19. The molecule has 1 aliphatic rings. The lowest BCUT2D eigenvalue weighted by Crippen LogP contribution is -2.38. The van der Waals surface area contributed by atoms with Gasteiger partial charge in [0, 0.05) is 20.1 Å². The SMILES string of the molecule is Cn1c(=O)c2cc(S(=O)(=O)NC3CCCCC3)ccc2n(C)c1=O. The molecule has 1 fully saturated rings. The fourth-order valence-electron chi connectivity index (χ4n) is 3.25. The summed E-state index contributed by atoms with van der Waals surface area (Å²) in [6.07, 6.45) is 4.85. The molecule has 7 nitrogen and oxygen atoms in total. The minimum Gasteiger partial charge on any atom is -0.296 e. The van der Waals surface area contributed by atoms with E-state index in [2.05, 4.69) is 4.72 Å². The summed E-state index contributed by atoms with van der Waals surface area (Å²) in [5.41, 5.74) is -0.522. The summed E-state index contributed by atoms with van der Waals surface area (Å²) in [7, 11) is -0.755. The highest BCUT2D eigenvalue weighted by Gasteiger charge is 2.22. The number of hydrogen-bond acceptors (Lipinski definition) is 4. The van der Waals surface area contributed by atoms with E-state index in [1.165, 1.54) is 29.8 Å². The molecule has 1 heterocycles. The molecule has 1 saturated carbocycles. The van der Waals surface area contributed by atoms with Crippen molar-refractivity contribution in [3.63, 3.8) is 0 Å². The Hall–Kier alpha value is -1.93. The first-order valence-corrected chi connectivity index (χ1v) is 9.52. The summed E-state index contributed by atoms with van der Waals surface area (Å²) in [5, 5.41) is 0.214. The molecule has 1 aromatic carbocycles. The number of sulfonamides is 1. The molecule has 0 aliphatic heterocycles. The number of rotatable bonds is 3. The maximum absolute atomic E-state index is 12.6. The van der Waals surface area contributed by atoms with Gasteiger partial charge in [0.25, 0.3) is 5.56 Å².